The van der Waals surface area contributed by atoms with Crippen LogP contribution in [-0.4, -0.2) is 19.4 Å². The summed E-state index contributed by atoms with van der Waals surface area (Å²) < 4.78 is 43.9. The number of carbonyl (C=O) groups is 1. The first-order valence-corrected chi connectivity index (χ1v) is 4.52. The minimum Gasteiger partial charge on any atom is -0.468 e. The molecular formula is C10H11ClF3NO3. The number of methoxy groups -OCH3 is 1. The number of hydrogen-bond donors (Lipinski definition) is 1. The van der Waals surface area contributed by atoms with E-state index in [1.807, 2.05) is 0 Å². The quantitative estimate of drug-likeness (QED) is 0.865. The molecule has 0 aliphatic carbocycles. The fourth-order valence-corrected chi connectivity index (χ4v) is 1.17. The molecule has 0 spiro atoms. The lowest BCUT2D eigenvalue weighted by atomic mass is 10.1. The molecule has 102 valence electrons. The average molecular weight is 286 g/mol. The van der Waals surface area contributed by atoms with Crippen LogP contribution in [0.5, 0.6) is 5.75 Å². The van der Waals surface area contributed by atoms with Crippen molar-refractivity contribution in [1.82, 2.24) is 0 Å². The molecule has 4 nitrogen and oxygen atoms in total. The van der Waals surface area contributed by atoms with Crippen LogP contribution in [0.25, 0.3) is 0 Å². The van der Waals surface area contributed by atoms with Gasteiger partial charge in [0.05, 0.1) is 7.11 Å². The number of carbonyl (C=O) groups excluding carboxylic acids is 1. The summed E-state index contributed by atoms with van der Waals surface area (Å²) in [6.07, 6.45) is -4.78. The first kappa shape index (κ1) is 16.5. The van der Waals surface area contributed by atoms with Gasteiger partial charge in [0.25, 0.3) is 0 Å². The smallest absolute Gasteiger partial charge is 0.468 e. The predicted molar refractivity (Wildman–Crippen MR) is 59.3 cm³/mol. The van der Waals surface area contributed by atoms with E-state index in [9.17, 15) is 18.0 Å². The highest BCUT2D eigenvalue weighted by Crippen LogP contribution is 2.25. The Bertz CT molecular complexity index is 412. The third-order valence-electron chi connectivity index (χ3n) is 1.91. The van der Waals surface area contributed by atoms with Crippen molar-refractivity contribution in [2.24, 2.45) is 5.73 Å². The molecule has 0 aliphatic rings. The summed E-state index contributed by atoms with van der Waals surface area (Å²) in [4.78, 5) is 11.1. The molecule has 1 aromatic carbocycles. The molecule has 0 radical (unpaired) electrons. The van der Waals surface area contributed by atoms with E-state index in [1.165, 1.54) is 12.1 Å². The van der Waals surface area contributed by atoms with Crippen LogP contribution in [0.3, 0.4) is 0 Å². The van der Waals surface area contributed by atoms with E-state index in [0.717, 1.165) is 19.2 Å². The Kier molecular flexibility index (Phi) is 5.93. The average Bonchev–Trinajstić information content (AvgIpc) is 2.25. The van der Waals surface area contributed by atoms with Gasteiger partial charge < -0.3 is 15.2 Å². The number of benzene rings is 1. The van der Waals surface area contributed by atoms with Gasteiger partial charge >= 0.3 is 12.3 Å². The Morgan fingerprint density at radius 2 is 2.00 bits per heavy atom. The van der Waals surface area contributed by atoms with E-state index in [4.69, 9.17) is 5.73 Å². The number of esters is 1. The Balaban J connectivity index is 0.00000289. The molecule has 0 saturated heterocycles. The summed E-state index contributed by atoms with van der Waals surface area (Å²) in [5.41, 5.74) is 5.65. The van der Waals surface area contributed by atoms with Gasteiger partial charge in [-0.3, -0.25) is 4.79 Å². The minimum absolute atomic E-state index is 0. The highest BCUT2D eigenvalue weighted by molar-refractivity contribution is 5.85. The van der Waals surface area contributed by atoms with Gasteiger partial charge in [-0.15, -0.1) is 25.6 Å². The zero-order valence-corrected chi connectivity index (χ0v) is 10.0. The molecule has 18 heavy (non-hydrogen) atoms. The van der Waals surface area contributed by atoms with Crippen LogP contribution in [-0.2, 0) is 9.53 Å². The van der Waals surface area contributed by atoms with Crippen LogP contribution < -0.4 is 10.5 Å². The fraction of sp³-hybridized carbons (Fsp3) is 0.300. The highest BCUT2D eigenvalue weighted by atomic mass is 35.5. The Morgan fingerprint density at radius 1 is 1.39 bits per heavy atom. The molecule has 0 aromatic heterocycles. The van der Waals surface area contributed by atoms with Crippen LogP contribution in [0.15, 0.2) is 24.3 Å². The summed E-state index contributed by atoms with van der Waals surface area (Å²) >= 11 is 0. The van der Waals surface area contributed by atoms with Crippen molar-refractivity contribution in [3.05, 3.63) is 29.8 Å². The second-order valence-corrected chi connectivity index (χ2v) is 3.12. The van der Waals surface area contributed by atoms with E-state index >= 15 is 0 Å². The number of alkyl halides is 3. The maximum absolute atomic E-state index is 12.0. The van der Waals surface area contributed by atoms with Crippen molar-refractivity contribution in [3.63, 3.8) is 0 Å². The maximum Gasteiger partial charge on any atom is 0.573 e. The molecule has 0 bridgehead atoms. The molecule has 0 aliphatic heterocycles. The van der Waals surface area contributed by atoms with Crippen molar-refractivity contribution in [3.8, 4) is 5.75 Å². The van der Waals surface area contributed by atoms with Crippen molar-refractivity contribution in [2.75, 3.05) is 7.11 Å². The second-order valence-electron chi connectivity index (χ2n) is 3.12. The van der Waals surface area contributed by atoms with Crippen LogP contribution in [0.4, 0.5) is 13.2 Å². The second kappa shape index (κ2) is 6.46. The van der Waals surface area contributed by atoms with E-state index in [-0.39, 0.29) is 18.0 Å². The number of halogens is 4. The third-order valence-corrected chi connectivity index (χ3v) is 1.91. The number of nitrogens with two attached hydrogens (primary N) is 1. The van der Waals surface area contributed by atoms with Crippen LogP contribution >= 0.6 is 12.4 Å². The van der Waals surface area contributed by atoms with Crippen molar-refractivity contribution in [2.45, 2.75) is 12.4 Å². The van der Waals surface area contributed by atoms with Gasteiger partial charge in [-0.1, -0.05) is 12.1 Å². The predicted octanol–water partition coefficient (Wildman–Crippen LogP) is 2.18. The zero-order chi connectivity index (χ0) is 13.1. The van der Waals surface area contributed by atoms with Gasteiger partial charge in [-0.25, -0.2) is 0 Å². The normalized spacial score (nSPS) is 12.3. The van der Waals surface area contributed by atoms with Crippen molar-refractivity contribution >= 4 is 18.4 Å². The van der Waals surface area contributed by atoms with Gasteiger partial charge in [-0.05, 0) is 17.7 Å². The van der Waals surface area contributed by atoms with Crippen LogP contribution in [0, 0.1) is 0 Å². The topological polar surface area (TPSA) is 61.5 Å². The lowest BCUT2D eigenvalue weighted by molar-refractivity contribution is -0.274. The number of ether oxygens (including phenoxy) is 2. The van der Waals surface area contributed by atoms with Crippen molar-refractivity contribution in [1.29, 1.82) is 0 Å². The molecule has 0 heterocycles. The molecule has 2 N–H and O–H groups in total. The summed E-state index contributed by atoms with van der Waals surface area (Å²) in [5, 5.41) is 0. The summed E-state index contributed by atoms with van der Waals surface area (Å²) in [5.74, 6) is -1.18. The zero-order valence-electron chi connectivity index (χ0n) is 9.23. The first-order chi connectivity index (χ1) is 7.83. The van der Waals surface area contributed by atoms with Gasteiger partial charge in [0.2, 0.25) is 0 Å². The van der Waals surface area contributed by atoms with E-state index in [0.29, 0.717) is 0 Å². The Hall–Kier alpha value is -1.47. The fourth-order valence-electron chi connectivity index (χ4n) is 1.17. The summed E-state index contributed by atoms with van der Waals surface area (Å²) in [6.45, 7) is 0. The Morgan fingerprint density at radius 3 is 2.50 bits per heavy atom. The largest absolute Gasteiger partial charge is 0.573 e. The SMILES string of the molecule is COC(=O)[C@@H](N)c1cccc(OC(F)(F)F)c1.Cl. The number of rotatable bonds is 3. The van der Waals surface area contributed by atoms with E-state index < -0.39 is 24.1 Å². The summed E-state index contributed by atoms with van der Waals surface area (Å²) in [6, 6.07) is 3.72. The van der Waals surface area contributed by atoms with E-state index in [1.54, 1.807) is 0 Å². The highest BCUT2D eigenvalue weighted by Gasteiger charge is 2.31. The van der Waals surface area contributed by atoms with Crippen LogP contribution in [0.2, 0.25) is 0 Å². The molecule has 1 aromatic rings. The monoisotopic (exact) mass is 285 g/mol. The Labute approximate surface area is 107 Å². The van der Waals surface area contributed by atoms with Gasteiger partial charge in [0.1, 0.15) is 11.8 Å². The van der Waals surface area contributed by atoms with Gasteiger partial charge in [0, 0.05) is 0 Å². The molecule has 1 atom stereocenters. The number of hydrogen-bond acceptors (Lipinski definition) is 4. The molecule has 0 fully saturated rings. The molecule has 8 heteroatoms. The molecule has 1 rings (SSSR count). The molecule has 0 amide bonds. The maximum atomic E-state index is 12.0. The van der Waals surface area contributed by atoms with Gasteiger partial charge in [0.15, 0.2) is 0 Å². The first-order valence-electron chi connectivity index (χ1n) is 4.52. The third kappa shape index (κ3) is 4.80. The molecule has 0 saturated carbocycles. The lowest BCUT2D eigenvalue weighted by Gasteiger charge is -2.12. The summed E-state index contributed by atoms with van der Waals surface area (Å²) in [7, 11) is 1.14. The lowest BCUT2D eigenvalue weighted by Crippen LogP contribution is -2.23. The van der Waals surface area contributed by atoms with Gasteiger partial charge in [-0.2, -0.15) is 0 Å². The van der Waals surface area contributed by atoms with Crippen LogP contribution in [0.1, 0.15) is 11.6 Å². The molecule has 0 unspecified atom stereocenters. The van der Waals surface area contributed by atoms with E-state index in [2.05, 4.69) is 9.47 Å². The minimum atomic E-state index is -4.78. The molecular weight excluding hydrogens is 275 g/mol. The van der Waals surface area contributed by atoms with Crippen molar-refractivity contribution < 1.29 is 27.4 Å². The standard InChI is InChI=1S/C10H10F3NO3.ClH/c1-16-9(15)8(14)6-3-2-4-7(5-6)17-10(11,12)13;/h2-5,8H,14H2,1H3;1H/t8-;/m0./s1.